The van der Waals surface area contributed by atoms with Crippen molar-refractivity contribution in [2.45, 2.75) is 13.8 Å². The molecule has 0 spiro atoms. The molecule has 0 aliphatic heterocycles. The van der Waals surface area contributed by atoms with Crippen molar-refractivity contribution in [2.24, 2.45) is 7.05 Å². The lowest BCUT2D eigenvalue weighted by atomic mass is 10.2. The van der Waals surface area contributed by atoms with Crippen molar-refractivity contribution in [2.75, 3.05) is 24.4 Å². The molecule has 3 aromatic rings. The van der Waals surface area contributed by atoms with Gasteiger partial charge in [0.25, 0.3) is 5.91 Å². The Hall–Kier alpha value is -3.55. The number of aryl methyl sites for hydroxylation is 3. The summed E-state index contributed by atoms with van der Waals surface area (Å²) in [4.78, 5) is 25.8. The molecule has 8 heteroatoms. The molecule has 2 aromatic heterocycles. The fourth-order valence-corrected chi connectivity index (χ4v) is 3.07. The standard InChI is InChI=1S/C20H23N5O3/c1-13-6-7-14(2)25(13)19-17(12-21-24(19)4)18(26)22-15-8-10-16(11-9-15)23(3)20(27)28-5/h6-12H,1-5H3,(H,22,26). The van der Waals surface area contributed by atoms with E-state index in [0.717, 1.165) is 11.4 Å². The van der Waals surface area contributed by atoms with Crippen molar-refractivity contribution in [3.63, 3.8) is 0 Å². The number of anilines is 2. The van der Waals surface area contributed by atoms with Crippen LogP contribution < -0.4 is 10.2 Å². The van der Waals surface area contributed by atoms with Crippen LogP contribution in [0.15, 0.2) is 42.6 Å². The molecule has 0 radical (unpaired) electrons. The molecule has 0 aliphatic rings. The SMILES string of the molecule is COC(=O)N(C)c1ccc(NC(=O)c2cnn(C)c2-n2c(C)ccc2C)cc1. The molecule has 3 rings (SSSR count). The van der Waals surface area contributed by atoms with E-state index in [1.165, 1.54) is 12.0 Å². The van der Waals surface area contributed by atoms with Crippen LogP contribution in [0.5, 0.6) is 0 Å². The van der Waals surface area contributed by atoms with Crippen LogP contribution in [0.4, 0.5) is 16.2 Å². The number of rotatable bonds is 4. The largest absolute Gasteiger partial charge is 0.452 e. The van der Waals surface area contributed by atoms with E-state index in [0.29, 0.717) is 22.8 Å². The second-order valence-corrected chi connectivity index (χ2v) is 6.49. The summed E-state index contributed by atoms with van der Waals surface area (Å²) in [5.41, 5.74) is 3.78. The molecular formula is C20H23N5O3. The molecule has 2 amide bonds. The minimum Gasteiger partial charge on any atom is -0.452 e. The lowest BCUT2D eigenvalue weighted by molar-refractivity contribution is 0.102. The van der Waals surface area contributed by atoms with Crippen molar-refractivity contribution in [3.05, 3.63) is 59.5 Å². The molecule has 0 unspecified atom stereocenters. The van der Waals surface area contributed by atoms with Gasteiger partial charge in [0.2, 0.25) is 0 Å². The number of carbonyl (C=O) groups is 2. The lowest BCUT2D eigenvalue weighted by Gasteiger charge is -2.16. The second kappa shape index (κ2) is 7.59. The highest BCUT2D eigenvalue weighted by Crippen LogP contribution is 2.22. The highest BCUT2D eigenvalue weighted by atomic mass is 16.5. The normalized spacial score (nSPS) is 10.6. The maximum atomic E-state index is 12.9. The van der Waals surface area contributed by atoms with Gasteiger partial charge in [-0.25, -0.2) is 4.79 Å². The average Bonchev–Trinajstić information content (AvgIpc) is 3.22. The first-order valence-electron chi connectivity index (χ1n) is 8.74. The Labute approximate surface area is 163 Å². The summed E-state index contributed by atoms with van der Waals surface area (Å²) in [5, 5.41) is 7.14. The summed E-state index contributed by atoms with van der Waals surface area (Å²) in [7, 11) is 4.75. The maximum absolute atomic E-state index is 12.9. The first kappa shape index (κ1) is 19.2. The van der Waals surface area contributed by atoms with Gasteiger partial charge >= 0.3 is 6.09 Å². The van der Waals surface area contributed by atoms with E-state index in [1.54, 1.807) is 42.2 Å². The zero-order valence-corrected chi connectivity index (χ0v) is 16.6. The summed E-state index contributed by atoms with van der Waals surface area (Å²) < 4.78 is 8.38. The third-order valence-electron chi connectivity index (χ3n) is 4.60. The molecule has 8 nitrogen and oxygen atoms in total. The van der Waals surface area contributed by atoms with E-state index >= 15 is 0 Å². The number of carbonyl (C=O) groups excluding carboxylic acids is 2. The lowest BCUT2D eigenvalue weighted by Crippen LogP contribution is -2.25. The zero-order chi connectivity index (χ0) is 20.4. The quantitative estimate of drug-likeness (QED) is 0.752. The number of hydrogen-bond donors (Lipinski definition) is 1. The molecule has 1 N–H and O–H groups in total. The summed E-state index contributed by atoms with van der Waals surface area (Å²) >= 11 is 0. The molecule has 2 heterocycles. The number of nitrogens with zero attached hydrogens (tertiary/aromatic N) is 4. The summed E-state index contributed by atoms with van der Waals surface area (Å²) in [5.74, 6) is 0.448. The Balaban J connectivity index is 1.84. The first-order chi connectivity index (χ1) is 13.3. The predicted octanol–water partition coefficient (Wildman–Crippen LogP) is 3.28. The van der Waals surface area contributed by atoms with Crippen molar-refractivity contribution in [1.82, 2.24) is 14.3 Å². The van der Waals surface area contributed by atoms with Gasteiger partial charge in [-0.05, 0) is 50.2 Å². The first-order valence-corrected chi connectivity index (χ1v) is 8.74. The minimum atomic E-state index is -0.464. The zero-order valence-electron chi connectivity index (χ0n) is 16.6. The van der Waals surface area contributed by atoms with E-state index in [1.807, 2.05) is 37.6 Å². The molecule has 0 saturated heterocycles. The van der Waals surface area contributed by atoms with E-state index < -0.39 is 6.09 Å². The van der Waals surface area contributed by atoms with Gasteiger partial charge in [0.15, 0.2) is 0 Å². The fraction of sp³-hybridized carbons (Fsp3) is 0.250. The highest BCUT2D eigenvalue weighted by Gasteiger charge is 2.20. The van der Waals surface area contributed by atoms with Crippen LogP contribution >= 0.6 is 0 Å². The molecule has 28 heavy (non-hydrogen) atoms. The van der Waals surface area contributed by atoms with Crippen LogP contribution in [0.2, 0.25) is 0 Å². The Bertz CT molecular complexity index is 998. The number of amides is 2. The number of ether oxygens (including phenoxy) is 1. The van der Waals surface area contributed by atoms with Crippen LogP contribution in [0, 0.1) is 13.8 Å². The van der Waals surface area contributed by atoms with Crippen LogP contribution in [0.1, 0.15) is 21.7 Å². The van der Waals surface area contributed by atoms with Gasteiger partial charge in [-0.15, -0.1) is 0 Å². The Kier molecular flexibility index (Phi) is 5.21. The van der Waals surface area contributed by atoms with Crippen LogP contribution in [0.25, 0.3) is 5.82 Å². The van der Waals surface area contributed by atoms with Crippen molar-refractivity contribution in [3.8, 4) is 5.82 Å². The number of aromatic nitrogens is 3. The topological polar surface area (TPSA) is 81.4 Å². The van der Waals surface area contributed by atoms with Gasteiger partial charge in [-0.3, -0.25) is 14.4 Å². The number of nitrogens with one attached hydrogen (secondary N) is 1. The smallest absolute Gasteiger partial charge is 0.413 e. The third kappa shape index (κ3) is 3.48. The Morgan fingerprint density at radius 1 is 1.07 bits per heavy atom. The third-order valence-corrected chi connectivity index (χ3v) is 4.60. The Morgan fingerprint density at radius 3 is 2.25 bits per heavy atom. The summed E-state index contributed by atoms with van der Waals surface area (Å²) in [6.07, 6.45) is 1.09. The molecule has 0 aliphatic carbocycles. The fourth-order valence-electron chi connectivity index (χ4n) is 3.07. The summed E-state index contributed by atoms with van der Waals surface area (Å²) in [6, 6.07) is 10.9. The predicted molar refractivity (Wildman–Crippen MR) is 107 cm³/mol. The van der Waals surface area contributed by atoms with Crippen molar-refractivity contribution >= 4 is 23.4 Å². The monoisotopic (exact) mass is 381 g/mol. The Morgan fingerprint density at radius 2 is 1.68 bits per heavy atom. The minimum absolute atomic E-state index is 0.260. The number of hydrogen-bond acceptors (Lipinski definition) is 4. The van der Waals surface area contributed by atoms with Gasteiger partial charge in [0.05, 0.1) is 13.3 Å². The van der Waals surface area contributed by atoms with E-state index in [-0.39, 0.29) is 5.91 Å². The number of benzene rings is 1. The number of methoxy groups -OCH3 is 1. The second-order valence-electron chi connectivity index (χ2n) is 6.49. The van der Waals surface area contributed by atoms with Crippen LogP contribution in [0.3, 0.4) is 0 Å². The van der Waals surface area contributed by atoms with Crippen LogP contribution in [-0.4, -0.2) is 40.5 Å². The molecule has 0 fully saturated rings. The van der Waals surface area contributed by atoms with Crippen LogP contribution in [-0.2, 0) is 11.8 Å². The summed E-state index contributed by atoms with van der Waals surface area (Å²) in [6.45, 7) is 3.97. The average molecular weight is 381 g/mol. The molecule has 0 atom stereocenters. The van der Waals surface area contributed by atoms with Gasteiger partial charge in [-0.1, -0.05) is 0 Å². The van der Waals surface area contributed by atoms with E-state index in [9.17, 15) is 9.59 Å². The van der Waals surface area contributed by atoms with E-state index in [2.05, 4.69) is 10.4 Å². The van der Waals surface area contributed by atoms with E-state index in [4.69, 9.17) is 4.74 Å². The van der Waals surface area contributed by atoms with Gasteiger partial charge < -0.3 is 14.6 Å². The van der Waals surface area contributed by atoms with Gasteiger partial charge in [0.1, 0.15) is 11.4 Å². The van der Waals surface area contributed by atoms with Crippen molar-refractivity contribution in [1.29, 1.82) is 0 Å². The highest BCUT2D eigenvalue weighted by molar-refractivity contribution is 6.06. The molecule has 1 aromatic carbocycles. The molecule has 0 bridgehead atoms. The van der Waals surface area contributed by atoms with Gasteiger partial charge in [0, 0.05) is 36.9 Å². The molecule has 146 valence electrons. The van der Waals surface area contributed by atoms with Crippen molar-refractivity contribution < 1.29 is 14.3 Å². The maximum Gasteiger partial charge on any atom is 0.413 e. The molecule has 0 saturated carbocycles. The molecular weight excluding hydrogens is 358 g/mol. The van der Waals surface area contributed by atoms with Gasteiger partial charge in [-0.2, -0.15) is 5.10 Å².